The summed E-state index contributed by atoms with van der Waals surface area (Å²) < 4.78 is 43.0. The number of hydrogen-bond acceptors (Lipinski definition) is 6. The highest BCUT2D eigenvalue weighted by Gasteiger charge is 2.29. The van der Waals surface area contributed by atoms with Crippen molar-refractivity contribution in [2.24, 2.45) is 0 Å². The molecule has 23 heavy (non-hydrogen) atoms. The molecule has 3 aromatic rings. The molecule has 9 heteroatoms. The largest absolute Gasteiger partial charge is 0.416 e. The van der Waals surface area contributed by atoms with E-state index in [2.05, 4.69) is 15.2 Å². The van der Waals surface area contributed by atoms with Crippen LogP contribution in [-0.4, -0.2) is 15.2 Å². The van der Waals surface area contributed by atoms with Crippen LogP contribution >= 0.6 is 23.1 Å². The second-order valence-electron chi connectivity index (χ2n) is 4.61. The first-order chi connectivity index (χ1) is 10.9. The van der Waals surface area contributed by atoms with E-state index in [9.17, 15) is 13.2 Å². The standard InChI is InChI=1S/C14H10F3N3OS2/c1-8-18-11(7-22-8)12-19-20-13(21-12)23-6-9-2-4-10(5-3-9)14(15,16)17/h2-5,7H,6H2,1H3. The van der Waals surface area contributed by atoms with Crippen molar-refractivity contribution in [3.63, 3.8) is 0 Å². The molecule has 0 atom stereocenters. The molecular weight excluding hydrogens is 347 g/mol. The Bertz CT molecular complexity index is 796. The van der Waals surface area contributed by atoms with Gasteiger partial charge in [-0.1, -0.05) is 23.9 Å². The first-order valence-corrected chi connectivity index (χ1v) is 8.33. The van der Waals surface area contributed by atoms with Crippen molar-refractivity contribution in [2.45, 2.75) is 24.1 Å². The van der Waals surface area contributed by atoms with E-state index in [0.29, 0.717) is 22.6 Å². The van der Waals surface area contributed by atoms with E-state index >= 15 is 0 Å². The van der Waals surface area contributed by atoms with Crippen LogP contribution in [0, 0.1) is 6.92 Å². The Balaban J connectivity index is 1.64. The summed E-state index contributed by atoms with van der Waals surface area (Å²) in [6, 6.07) is 5.01. The van der Waals surface area contributed by atoms with E-state index < -0.39 is 11.7 Å². The van der Waals surface area contributed by atoms with Crippen LogP contribution in [-0.2, 0) is 11.9 Å². The lowest BCUT2D eigenvalue weighted by molar-refractivity contribution is -0.137. The molecule has 3 rings (SSSR count). The van der Waals surface area contributed by atoms with E-state index in [4.69, 9.17) is 4.42 Å². The van der Waals surface area contributed by atoms with Gasteiger partial charge < -0.3 is 4.42 Å². The molecule has 0 saturated heterocycles. The normalized spacial score (nSPS) is 11.8. The SMILES string of the molecule is Cc1nc(-c2nnc(SCc3ccc(C(F)(F)F)cc3)o2)cs1. The van der Waals surface area contributed by atoms with Crippen LogP contribution < -0.4 is 0 Å². The average Bonchev–Trinajstić information content (AvgIpc) is 3.13. The highest BCUT2D eigenvalue weighted by atomic mass is 32.2. The lowest BCUT2D eigenvalue weighted by atomic mass is 10.1. The van der Waals surface area contributed by atoms with Gasteiger partial charge in [-0.15, -0.1) is 21.5 Å². The molecular formula is C14H10F3N3OS2. The number of halogens is 3. The first kappa shape index (κ1) is 16.0. The predicted octanol–water partition coefficient (Wildman–Crippen LogP) is 4.81. The summed E-state index contributed by atoms with van der Waals surface area (Å²) in [5.41, 5.74) is 0.707. The minimum Gasteiger partial charge on any atom is -0.410 e. The lowest BCUT2D eigenvalue weighted by Crippen LogP contribution is -2.04. The molecule has 0 aliphatic rings. The zero-order valence-electron chi connectivity index (χ0n) is 11.8. The summed E-state index contributed by atoms with van der Waals surface area (Å²) in [5.74, 6) is 0.778. The minimum absolute atomic E-state index is 0.337. The van der Waals surface area contributed by atoms with E-state index in [0.717, 1.165) is 22.7 Å². The molecule has 0 aliphatic heterocycles. The highest BCUT2D eigenvalue weighted by molar-refractivity contribution is 7.98. The quantitative estimate of drug-likeness (QED) is 0.627. The maximum absolute atomic E-state index is 12.5. The van der Waals surface area contributed by atoms with Gasteiger partial charge in [0.2, 0.25) is 0 Å². The van der Waals surface area contributed by atoms with Crippen molar-refractivity contribution in [1.29, 1.82) is 0 Å². The Morgan fingerprint density at radius 3 is 2.52 bits per heavy atom. The molecule has 0 bridgehead atoms. The van der Waals surface area contributed by atoms with Gasteiger partial charge in [0.05, 0.1) is 10.6 Å². The number of hydrogen-bond donors (Lipinski definition) is 0. The van der Waals surface area contributed by atoms with Crippen molar-refractivity contribution < 1.29 is 17.6 Å². The number of benzene rings is 1. The Kier molecular flexibility index (Phi) is 4.40. The third-order valence-electron chi connectivity index (χ3n) is 2.89. The maximum atomic E-state index is 12.5. The van der Waals surface area contributed by atoms with Gasteiger partial charge in [0.15, 0.2) is 0 Å². The Hall–Kier alpha value is -1.87. The van der Waals surface area contributed by atoms with Crippen LogP contribution in [0.4, 0.5) is 13.2 Å². The number of rotatable bonds is 4. The minimum atomic E-state index is -4.32. The monoisotopic (exact) mass is 357 g/mol. The van der Waals surface area contributed by atoms with Crippen LogP contribution in [0.2, 0.25) is 0 Å². The molecule has 0 unspecified atom stereocenters. The molecule has 120 valence electrons. The van der Waals surface area contributed by atoms with Gasteiger partial charge in [0.25, 0.3) is 11.1 Å². The third-order valence-corrected chi connectivity index (χ3v) is 4.55. The number of thioether (sulfide) groups is 1. The number of thiazole rings is 1. The molecule has 0 saturated carbocycles. The zero-order valence-corrected chi connectivity index (χ0v) is 13.4. The van der Waals surface area contributed by atoms with Crippen molar-refractivity contribution >= 4 is 23.1 Å². The van der Waals surface area contributed by atoms with Crippen molar-refractivity contribution in [3.05, 3.63) is 45.8 Å². The lowest BCUT2D eigenvalue weighted by Gasteiger charge is -2.06. The summed E-state index contributed by atoms with van der Waals surface area (Å²) in [6.45, 7) is 1.88. The van der Waals surface area contributed by atoms with Crippen molar-refractivity contribution in [1.82, 2.24) is 15.2 Å². The van der Waals surface area contributed by atoms with Crippen molar-refractivity contribution in [2.75, 3.05) is 0 Å². The number of alkyl halides is 3. The number of nitrogens with zero attached hydrogens (tertiary/aromatic N) is 3. The molecule has 0 amide bonds. The van der Waals surface area contributed by atoms with Gasteiger partial charge in [-0.05, 0) is 24.6 Å². The summed E-state index contributed by atoms with van der Waals surface area (Å²) in [5, 5.41) is 10.9. The summed E-state index contributed by atoms with van der Waals surface area (Å²) in [6.07, 6.45) is -4.32. The van der Waals surface area contributed by atoms with Gasteiger partial charge in [-0.3, -0.25) is 0 Å². The fourth-order valence-electron chi connectivity index (χ4n) is 1.77. The molecule has 1 aromatic carbocycles. The highest BCUT2D eigenvalue weighted by Crippen LogP contribution is 2.30. The van der Waals surface area contributed by atoms with Crippen LogP contribution in [0.1, 0.15) is 16.1 Å². The summed E-state index contributed by atoms with van der Waals surface area (Å²) in [7, 11) is 0. The van der Waals surface area contributed by atoms with E-state index in [1.54, 1.807) is 0 Å². The molecule has 0 radical (unpaired) electrons. The summed E-state index contributed by atoms with van der Waals surface area (Å²) in [4.78, 5) is 4.25. The van der Waals surface area contributed by atoms with Gasteiger partial charge in [-0.2, -0.15) is 13.2 Å². The smallest absolute Gasteiger partial charge is 0.410 e. The maximum Gasteiger partial charge on any atom is 0.416 e. The van der Waals surface area contributed by atoms with Crippen LogP contribution in [0.5, 0.6) is 0 Å². The average molecular weight is 357 g/mol. The van der Waals surface area contributed by atoms with Crippen LogP contribution in [0.25, 0.3) is 11.6 Å². The predicted molar refractivity (Wildman–Crippen MR) is 81.1 cm³/mol. The second-order valence-corrected chi connectivity index (χ2v) is 6.60. The molecule has 0 fully saturated rings. The van der Waals surface area contributed by atoms with E-state index in [1.807, 2.05) is 12.3 Å². The van der Waals surface area contributed by atoms with Gasteiger partial charge in [0, 0.05) is 11.1 Å². The van der Waals surface area contributed by atoms with Gasteiger partial charge >= 0.3 is 6.18 Å². The van der Waals surface area contributed by atoms with E-state index in [-0.39, 0.29) is 0 Å². The zero-order chi connectivity index (χ0) is 16.4. The Morgan fingerprint density at radius 1 is 1.17 bits per heavy atom. The van der Waals surface area contributed by atoms with Crippen molar-refractivity contribution in [3.8, 4) is 11.6 Å². The van der Waals surface area contributed by atoms with E-state index in [1.165, 1.54) is 35.2 Å². The molecule has 2 aromatic heterocycles. The van der Waals surface area contributed by atoms with Crippen LogP contribution in [0.15, 0.2) is 39.3 Å². The first-order valence-electron chi connectivity index (χ1n) is 6.47. The molecule has 0 aliphatic carbocycles. The Morgan fingerprint density at radius 2 is 1.91 bits per heavy atom. The fraction of sp³-hybridized carbons (Fsp3) is 0.214. The topological polar surface area (TPSA) is 51.8 Å². The molecule has 4 nitrogen and oxygen atoms in total. The molecule has 2 heterocycles. The second kappa shape index (κ2) is 6.32. The summed E-state index contributed by atoms with van der Waals surface area (Å²) >= 11 is 2.75. The third kappa shape index (κ3) is 3.91. The van der Waals surface area contributed by atoms with Gasteiger partial charge in [-0.25, -0.2) is 4.98 Å². The molecule has 0 N–H and O–H groups in total. The molecule has 0 spiro atoms. The fourth-order valence-corrected chi connectivity index (χ4v) is 3.07. The number of aryl methyl sites for hydroxylation is 1. The number of aromatic nitrogens is 3. The van der Waals surface area contributed by atoms with Gasteiger partial charge in [0.1, 0.15) is 5.69 Å². The Labute approximate surface area is 137 Å². The van der Waals surface area contributed by atoms with Crippen LogP contribution in [0.3, 0.4) is 0 Å².